The Morgan fingerprint density at radius 1 is 0.968 bits per heavy atom. The molecule has 8 nitrogen and oxygen atoms in total. The van der Waals surface area contributed by atoms with E-state index in [4.69, 9.17) is 9.47 Å². The zero-order valence-electron chi connectivity index (χ0n) is 18.0. The third-order valence-corrected chi connectivity index (χ3v) is 5.28. The molecule has 3 aromatic rings. The molecule has 0 unspecified atom stereocenters. The maximum Gasteiger partial charge on any atom is 0.245 e. The second-order valence-corrected chi connectivity index (χ2v) is 7.29. The first-order chi connectivity index (χ1) is 15.0. The quantitative estimate of drug-likeness (QED) is 0.643. The Morgan fingerprint density at radius 2 is 1.77 bits per heavy atom. The van der Waals surface area contributed by atoms with Crippen LogP contribution in [0.3, 0.4) is 0 Å². The van der Waals surface area contributed by atoms with Crippen molar-refractivity contribution in [3.63, 3.8) is 0 Å². The summed E-state index contributed by atoms with van der Waals surface area (Å²) < 4.78 is 11.5. The number of ether oxygens (including phenoxy) is 2. The molecule has 0 radical (unpaired) electrons. The highest BCUT2D eigenvalue weighted by atomic mass is 16.5. The number of benzene rings is 2. The van der Waals surface area contributed by atoms with Crippen LogP contribution in [0.1, 0.15) is 16.8 Å². The average Bonchev–Trinajstić information content (AvgIpc) is 3.11. The molecule has 2 heterocycles. The second-order valence-electron chi connectivity index (χ2n) is 7.29. The van der Waals surface area contributed by atoms with Gasteiger partial charge in [0.25, 0.3) is 0 Å². The Bertz CT molecular complexity index is 1120. The van der Waals surface area contributed by atoms with Gasteiger partial charge in [-0.2, -0.15) is 5.01 Å². The third-order valence-electron chi connectivity index (χ3n) is 5.28. The fraction of sp³-hybridized carbons (Fsp3) is 0.261. The fourth-order valence-electron chi connectivity index (χ4n) is 3.53. The van der Waals surface area contributed by atoms with Crippen LogP contribution in [-0.2, 0) is 6.61 Å². The first-order valence-corrected chi connectivity index (χ1v) is 9.93. The van der Waals surface area contributed by atoms with Gasteiger partial charge in [0.1, 0.15) is 12.4 Å². The largest absolute Gasteiger partial charge is 0.496 e. The molecule has 1 aliphatic heterocycles. The summed E-state index contributed by atoms with van der Waals surface area (Å²) in [6, 6.07) is 17.5. The highest BCUT2D eigenvalue weighted by Gasteiger charge is 2.28. The van der Waals surface area contributed by atoms with Crippen molar-refractivity contribution in [3.05, 3.63) is 71.4 Å². The van der Waals surface area contributed by atoms with Crippen LogP contribution in [0, 0.1) is 13.8 Å². The number of aryl methyl sites for hydroxylation is 2. The number of anilines is 1. The van der Waals surface area contributed by atoms with Crippen LogP contribution in [0.15, 0.2) is 65.0 Å². The van der Waals surface area contributed by atoms with E-state index in [9.17, 15) is 5.11 Å². The van der Waals surface area contributed by atoms with Gasteiger partial charge in [-0.3, -0.25) is 0 Å². The van der Waals surface area contributed by atoms with Gasteiger partial charge < -0.3 is 14.6 Å². The zero-order valence-corrected chi connectivity index (χ0v) is 18.0. The summed E-state index contributed by atoms with van der Waals surface area (Å²) >= 11 is 0. The topological polar surface area (TPSA) is 82.8 Å². The summed E-state index contributed by atoms with van der Waals surface area (Å²) in [6.07, 6.45) is -0.957. The summed E-state index contributed by atoms with van der Waals surface area (Å²) in [4.78, 5) is 4.63. The minimum absolute atomic E-state index is 0.283. The number of nitrogens with zero attached hydrogens (tertiary/aromatic N) is 5. The van der Waals surface area contributed by atoms with E-state index in [0.717, 1.165) is 39.4 Å². The van der Waals surface area contributed by atoms with Crippen LogP contribution in [0.4, 0.5) is 5.69 Å². The molecule has 8 heteroatoms. The minimum Gasteiger partial charge on any atom is -0.496 e. The number of aliphatic hydroxyl groups is 1. The van der Waals surface area contributed by atoms with Crippen LogP contribution in [-0.4, -0.2) is 35.6 Å². The van der Waals surface area contributed by atoms with Crippen molar-refractivity contribution in [1.82, 2.24) is 9.99 Å². The molecular formula is C23H25N5O3. The van der Waals surface area contributed by atoms with Gasteiger partial charge in [-0.25, -0.2) is 9.99 Å². The lowest BCUT2D eigenvalue weighted by atomic mass is 10.0. The molecule has 1 aliphatic rings. The molecule has 0 saturated carbocycles. The van der Waals surface area contributed by atoms with Gasteiger partial charge in [-0.1, -0.05) is 30.3 Å². The molecular weight excluding hydrogens is 394 g/mol. The van der Waals surface area contributed by atoms with E-state index in [1.54, 1.807) is 14.2 Å². The van der Waals surface area contributed by atoms with Crippen molar-refractivity contribution in [2.75, 3.05) is 19.2 Å². The molecule has 4 rings (SSSR count). The number of para-hydroxylation sites is 1. The summed E-state index contributed by atoms with van der Waals surface area (Å²) in [5.41, 5.74) is 5.49. The number of pyridine rings is 1. The summed E-state index contributed by atoms with van der Waals surface area (Å²) in [5, 5.41) is 21.1. The number of aliphatic hydroxyl groups excluding tert-OH is 1. The number of aromatic nitrogens is 1. The zero-order chi connectivity index (χ0) is 22.0. The van der Waals surface area contributed by atoms with Crippen molar-refractivity contribution in [2.24, 2.45) is 10.4 Å². The number of rotatable bonds is 6. The van der Waals surface area contributed by atoms with Crippen molar-refractivity contribution in [3.8, 4) is 22.8 Å². The van der Waals surface area contributed by atoms with Gasteiger partial charge in [0, 0.05) is 35.5 Å². The number of hydrogen-bond donors (Lipinski definition) is 1. The second kappa shape index (κ2) is 8.61. The Hall–Kier alpha value is -3.65. The molecule has 2 aromatic carbocycles. The van der Waals surface area contributed by atoms with Gasteiger partial charge in [-0.15, -0.1) is 0 Å². The maximum absolute atomic E-state index is 10.3. The monoisotopic (exact) mass is 419 g/mol. The van der Waals surface area contributed by atoms with Crippen molar-refractivity contribution in [1.29, 1.82) is 0 Å². The first-order valence-electron chi connectivity index (χ1n) is 9.93. The molecule has 1 aromatic heterocycles. The normalized spacial score (nSPS) is 15.5. The summed E-state index contributed by atoms with van der Waals surface area (Å²) in [5.74, 6) is 1.32. The van der Waals surface area contributed by atoms with Crippen molar-refractivity contribution < 1.29 is 14.6 Å². The fourth-order valence-corrected chi connectivity index (χ4v) is 3.53. The standard InChI is InChI=1S/C23H25N5O3/c1-15-8-7-10-20(28-23(29)27(3)25-26-28)19(15)14-31-22-13-12-17(16(2)24-22)18-9-5-6-11-21(18)30-4/h5-13,23,29H,14H2,1-4H3/t23-/m0/s1. The molecule has 31 heavy (non-hydrogen) atoms. The summed E-state index contributed by atoms with van der Waals surface area (Å²) in [6.45, 7) is 4.23. The molecule has 0 amide bonds. The van der Waals surface area contributed by atoms with E-state index in [1.807, 2.05) is 68.4 Å². The molecule has 1 N–H and O–H groups in total. The average molecular weight is 419 g/mol. The lowest BCUT2D eigenvalue weighted by Gasteiger charge is -2.23. The van der Waals surface area contributed by atoms with E-state index in [-0.39, 0.29) is 6.61 Å². The smallest absolute Gasteiger partial charge is 0.245 e. The lowest BCUT2D eigenvalue weighted by molar-refractivity contribution is 0.0456. The van der Waals surface area contributed by atoms with Crippen LogP contribution in [0.5, 0.6) is 11.6 Å². The molecule has 160 valence electrons. The van der Waals surface area contributed by atoms with E-state index in [2.05, 4.69) is 15.4 Å². The van der Waals surface area contributed by atoms with Crippen LogP contribution in [0.25, 0.3) is 11.1 Å². The van der Waals surface area contributed by atoms with E-state index >= 15 is 0 Å². The summed E-state index contributed by atoms with van der Waals surface area (Å²) in [7, 11) is 3.32. The van der Waals surface area contributed by atoms with Crippen LogP contribution < -0.4 is 14.5 Å². The lowest BCUT2D eigenvalue weighted by Crippen LogP contribution is -2.36. The Balaban J connectivity index is 1.57. The number of hydrogen-bond acceptors (Lipinski definition) is 8. The van der Waals surface area contributed by atoms with Gasteiger partial charge in [0.05, 0.1) is 12.8 Å². The van der Waals surface area contributed by atoms with E-state index < -0.39 is 6.35 Å². The third kappa shape index (κ3) is 4.02. The SMILES string of the molecule is COc1ccccc1-c1ccc(OCc2c(C)cccc2N2N=NN(C)[C@@H]2O)nc1C. The molecule has 0 saturated heterocycles. The minimum atomic E-state index is -0.957. The Labute approximate surface area is 181 Å². The molecule has 0 aliphatic carbocycles. The highest BCUT2D eigenvalue weighted by Crippen LogP contribution is 2.33. The van der Waals surface area contributed by atoms with Crippen LogP contribution in [0.2, 0.25) is 0 Å². The maximum atomic E-state index is 10.3. The van der Waals surface area contributed by atoms with Crippen molar-refractivity contribution in [2.45, 2.75) is 26.8 Å². The molecule has 0 fully saturated rings. The van der Waals surface area contributed by atoms with Crippen molar-refractivity contribution >= 4 is 5.69 Å². The highest BCUT2D eigenvalue weighted by molar-refractivity contribution is 5.72. The van der Waals surface area contributed by atoms with E-state index in [0.29, 0.717) is 5.88 Å². The van der Waals surface area contributed by atoms with E-state index in [1.165, 1.54) is 10.0 Å². The Kier molecular flexibility index (Phi) is 5.73. The van der Waals surface area contributed by atoms with Gasteiger partial charge in [-0.05, 0) is 48.1 Å². The number of methoxy groups -OCH3 is 1. The molecule has 1 atom stereocenters. The molecule has 0 bridgehead atoms. The predicted octanol–water partition coefficient (Wildman–Crippen LogP) is 4.26. The van der Waals surface area contributed by atoms with Gasteiger partial charge >= 0.3 is 0 Å². The van der Waals surface area contributed by atoms with Gasteiger partial charge in [0.15, 0.2) is 0 Å². The molecule has 0 spiro atoms. The predicted molar refractivity (Wildman–Crippen MR) is 118 cm³/mol. The first kappa shape index (κ1) is 20.6. The Morgan fingerprint density at radius 3 is 2.48 bits per heavy atom. The van der Waals surface area contributed by atoms with Crippen LogP contribution >= 0.6 is 0 Å². The van der Waals surface area contributed by atoms with Gasteiger partial charge in [0.2, 0.25) is 12.2 Å².